The summed E-state index contributed by atoms with van der Waals surface area (Å²) in [5.74, 6) is -0.153. The Morgan fingerprint density at radius 1 is 1.28 bits per heavy atom. The molecule has 1 aromatic rings. The molecule has 1 saturated carbocycles. The van der Waals surface area contributed by atoms with Crippen LogP contribution in [-0.2, 0) is 14.9 Å². The van der Waals surface area contributed by atoms with Crippen LogP contribution in [0.5, 0.6) is 0 Å². The zero-order valence-corrected chi connectivity index (χ0v) is 11.0. The van der Waals surface area contributed by atoms with Crippen molar-refractivity contribution in [3.63, 3.8) is 0 Å². The fourth-order valence-electron chi connectivity index (χ4n) is 1.98. The third kappa shape index (κ3) is 2.38. The van der Waals surface area contributed by atoms with E-state index >= 15 is 0 Å². The van der Waals surface area contributed by atoms with Crippen LogP contribution in [0.25, 0.3) is 0 Å². The van der Waals surface area contributed by atoms with Gasteiger partial charge in [0, 0.05) is 0 Å². The molecule has 0 unspecified atom stereocenters. The summed E-state index contributed by atoms with van der Waals surface area (Å²) in [5.41, 5.74) is 0.634. The highest BCUT2D eigenvalue weighted by molar-refractivity contribution is 5.87. The van der Waals surface area contributed by atoms with E-state index < -0.39 is 11.0 Å². The molecule has 0 heterocycles. The molecule has 3 heteroatoms. The van der Waals surface area contributed by atoms with E-state index in [0.29, 0.717) is 5.56 Å². The van der Waals surface area contributed by atoms with Crippen LogP contribution in [-0.4, -0.2) is 11.6 Å². The van der Waals surface area contributed by atoms with E-state index in [4.69, 9.17) is 10.00 Å². The second-order valence-corrected chi connectivity index (χ2v) is 5.77. The number of hydrogen-bond acceptors (Lipinski definition) is 3. The van der Waals surface area contributed by atoms with Gasteiger partial charge >= 0.3 is 5.97 Å². The third-order valence-electron chi connectivity index (χ3n) is 3.11. The van der Waals surface area contributed by atoms with Gasteiger partial charge in [-0.1, -0.05) is 12.1 Å². The van der Waals surface area contributed by atoms with Gasteiger partial charge in [-0.2, -0.15) is 5.26 Å². The first-order valence-corrected chi connectivity index (χ1v) is 6.11. The van der Waals surface area contributed by atoms with Gasteiger partial charge in [0.2, 0.25) is 0 Å². The van der Waals surface area contributed by atoms with E-state index in [9.17, 15) is 4.79 Å². The lowest BCUT2D eigenvalue weighted by molar-refractivity contribution is -0.158. The molecule has 0 saturated heterocycles. The summed E-state index contributed by atoms with van der Waals surface area (Å²) in [5, 5.41) is 8.77. The van der Waals surface area contributed by atoms with Gasteiger partial charge in [-0.3, -0.25) is 4.79 Å². The molecule has 0 aromatic heterocycles. The number of ether oxygens (including phenoxy) is 1. The second-order valence-electron chi connectivity index (χ2n) is 5.77. The molecule has 1 fully saturated rings. The van der Waals surface area contributed by atoms with E-state index in [0.717, 1.165) is 18.4 Å². The Hall–Kier alpha value is -1.82. The molecule has 1 aliphatic carbocycles. The molecule has 1 aliphatic rings. The predicted octanol–water partition coefficient (Wildman–Crippen LogP) is 2.93. The van der Waals surface area contributed by atoms with Gasteiger partial charge in [0.1, 0.15) is 5.60 Å². The lowest BCUT2D eigenvalue weighted by Gasteiger charge is -2.24. The molecule has 0 bridgehead atoms. The van der Waals surface area contributed by atoms with E-state index in [1.54, 1.807) is 12.1 Å². The van der Waals surface area contributed by atoms with Crippen molar-refractivity contribution in [1.82, 2.24) is 0 Å². The highest BCUT2D eigenvalue weighted by Gasteiger charge is 2.53. The molecule has 18 heavy (non-hydrogen) atoms. The topological polar surface area (TPSA) is 50.1 Å². The van der Waals surface area contributed by atoms with Crippen LogP contribution in [0.2, 0.25) is 0 Å². The highest BCUT2D eigenvalue weighted by atomic mass is 16.6. The number of esters is 1. The van der Waals surface area contributed by atoms with E-state index in [-0.39, 0.29) is 5.97 Å². The normalized spacial score (nSPS) is 16.8. The molecule has 3 nitrogen and oxygen atoms in total. The Balaban J connectivity index is 2.21. The smallest absolute Gasteiger partial charge is 0.317 e. The molecular formula is C15H17NO2. The summed E-state index contributed by atoms with van der Waals surface area (Å²) in [6.45, 7) is 5.62. The monoisotopic (exact) mass is 243 g/mol. The summed E-state index contributed by atoms with van der Waals surface area (Å²) >= 11 is 0. The van der Waals surface area contributed by atoms with Crippen LogP contribution >= 0.6 is 0 Å². The van der Waals surface area contributed by atoms with E-state index in [1.165, 1.54) is 0 Å². The van der Waals surface area contributed by atoms with Crippen LogP contribution in [0.15, 0.2) is 24.3 Å². The van der Waals surface area contributed by atoms with Gasteiger partial charge in [-0.25, -0.2) is 0 Å². The van der Waals surface area contributed by atoms with Crippen molar-refractivity contribution in [2.24, 2.45) is 0 Å². The highest BCUT2D eigenvalue weighted by Crippen LogP contribution is 2.49. The molecule has 1 aromatic carbocycles. The Kier molecular flexibility index (Phi) is 2.90. The lowest BCUT2D eigenvalue weighted by atomic mass is 9.95. The Labute approximate surface area is 107 Å². The Bertz CT molecular complexity index is 499. The number of nitrogens with zero attached hydrogens (tertiary/aromatic N) is 1. The van der Waals surface area contributed by atoms with Gasteiger partial charge in [-0.05, 0) is 51.3 Å². The SMILES string of the molecule is CC(C)(C)OC(=O)C1(c2ccc(C#N)cc2)CC1. The number of rotatable bonds is 2. The van der Waals surface area contributed by atoms with Crippen LogP contribution in [0.1, 0.15) is 44.7 Å². The second kappa shape index (κ2) is 4.13. The van der Waals surface area contributed by atoms with Gasteiger partial charge in [0.15, 0.2) is 0 Å². The maximum atomic E-state index is 12.2. The quantitative estimate of drug-likeness (QED) is 0.750. The van der Waals surface area contributed by atoms with Crippen molar-refractivity contribution in [2.75, 3.05) is 0 Å². The molecule has 94 valence electrons. The first kappa shape index (κ1) is 12.6. The van der Waals surface area contributed by atoms with Gasteiger partial charge < -0.3 is 4.74 Å². The fraction of sp³-hybridized carbons (Fsp3) is 0.467. The average Bonchev–Trinajstić information content (AvgIpc) is 3.08. The number of nitriles is 1. The minimum atomic E-state index is -0.471. The average molecular weight is 243 g/mol. The molecule has 0 radical (unpaired) electrons. The first-order chi connectivity index (χ1) is 8.37. The van der Waals surface area contributed by atoms with Gasteiger partial charge in [0.25, 0.3) is 0 Å². The number of carbonyl (C=O) groups is 1. The number of hydrogen-bond donors (Lipinski definition) is 0. The van der Waals surface area contributed by atoms with Crippen molar-refractivity contribution in [3.8, 4) is 6.07 Å². The largest absolute Gasteiger partial charge is 0.459 e. The minimum Gasteiger partial charge on any atom is -0.459 e. The predicted molar refractivity (Wildman–Crippen MR) is 67.9 cm³/mol. The van der Waals surface area contributed by atoms with E-state index in [1.807, 2.05) is 32.9 Å². The number of benzene rings is 1. The maximum Gasteiger partial charge on any atom is 0.317 e. The summed E-state index contributed by atoms with van der Waals surface area (Å²) in [6, 6.07) is 9.29. The summed E-state index contributed by atoms with van der Waals surface area (Å²) in [6.07, 6.45) is 1.65. The number of carbonyl (C=O) groups excluding carboxylic acids is 1. The van der Waals surface area contributed by atoms with Crippen molar-refractivity contribution in [3.05, 3.63) is 35.4 Å². The maximum absolute atomic E-state index is 12.2. The first-order valence-electron chi connectivity index (χ1n) is 6.11. The summed E-state index contributed by atoms with van der Waals surface area (Å²) in [7, 11) is 0. The fourth-order valence-corrected chi connectivity index (χ4v) is 1.98. The van der Waals surface area contributed by atoms with Crippen LogP contribution in [0, 0.1) is 11.3 Å². The lowest BCUT2D eigenvalue weighted by Crippen LogP contribution is -2.31. The van der Waals surface area contributed by atoms with E-state index in [2.05, 4.69) is 6.07 Å². The zero-order chi connectivity index (χ0) is 13.4. The molecule has 0 aliphatic heterocycles. The zero-order valence-electron chi connectivity index (χ0n) is 11.0. The van der Waals surface area contributed by atoms with Crippen molar-refractivity contribution in [1.29, 1.82) is 5.26 Å². The van der Waals surface area contributed by atoms with Crippen molar-refractivity contribution in [2.45, 2.75) is 44.6 Å². The molecule has 0 N–H and O–H groups in total. The molecule has 0 amide bonds. The van der Waals surface area contributed by atoms with Crippen molar-refractivity contribution >= 4 is 5.97 Å². The molecule has 0 spiro atoms. The summed E-state index contributed by atoms with van der Waals surface area (Å²) in [4.78, 5) is 12.2. The summed E-state index contributed by atoms with van der Waals surface area (Å²) < 4.78 is 5.47. The Morgan fingerprint density at radius 3 is 2.22 bits per heavy atom. The molecule has 2 rings (SSSR count). The third-order valence-corrected chi connectivity index (χ3v) is 3.11. The van der Waals surface area contributed by atoms with Crippen LogP contribution < -0.4 is 0 Å². The van der Waals surface area contributed by atoms with Crippen LogP contribution in [0.3, 0.4) is 0 Å². The Morgan fingerprint density at radius 2 is 1.83 bits per heavy atom. The standard InChI is InChI=1S/C15H17NO2/c1-14(2,3)18-13(17)15(8-9-15)12-6-4-11(10-16)5-7-12/h4-7H,8-9H2,1-3H3. The van der Waals surface area contributed by atoms with Crippen molar-refractivity contribution < 1.29 is 9.53 Å². The van der Waals surface area contributed by atoms with Crippen LogP contribution in [0.4, 0.5) is 0 Å². The van der Waals surface area contributed by atoms with Gasteiger partial charge in [-0.15, -0.1) is 0 Å². The molecule has 0 atom stereocenters. The molecular weight excluding hydrogens is 226 g/mol. The minimum absolute atomic E-state index is 0.153. The van der Waals surface area contributed by atoms with Gasteiger partial charge in [0.05, 0.1) is 17.0 Å².